The minimum absolute atomic E-state index is 0.0194. The monoisotopic (exact) mass is 440 g/mol. The second-order valence-corrected chi connectivity index (χ2v) is 10.2. The maximum atomic E-state index is 13.0. The third-order valence-electron chi connectivity index (χ3n) is 7.32. The zero-order valence-electron chi connectivity index (χ0n) is 15.4. The Morgan fingerprint density at radius 1 is 1.10 bits per heavy atom. The molecule has 4 aliphatic carbocycles. The van der Waals surface area contributed by atoms with Gasteiger partial charge in [0.05, 0.1) is 18.8 Å². The summed E-state index contributed by atoms with van der Waals surface area (Å²) in [6.45, 7) is -0.930. The van der Waals surface area contributed by atoms with Gasteiger partial charge in [-0.2, -0.15) is 17.2 Å². The van der Waals surface area contributed by atoms with Gasteiger partial charge in [-0.05, 0) is 49.4 Å². The molecule has 0 saturated heterocycles. The van der Waals surface area contributed by atoms with Crippen LogP contribution in [0.5, 0.6) is 0 Å². The summed E-state index contributed by atoms with van der Waals surface area (Å²) in [5.41, 5.74) is -0.404. The van der Waals surface area contributed by atoms with Gasteiger partial charge >= 0.3 is 27.3 Å². The van der Waals surface area contributed by atoms with Gasteiger partial charge in [-0.1, -0.05) is 0 Å². The summed E-state index contributed by atoms with van der Waals surface area (Å²) in [5.74, 6) is -2.50. The Balaban J connectivity index is 1.15. The van der Waals surface area contributed by atoms with E-state index in [1.807, 2.05) is 0 Å². The Bertz CT molecular complexity index is 846. The standard InChI is InChI=1S/C17H22F2O9S/c18-17(19,29(23,24)25)13(21)28-6-12(20)27-2-1-26-9-14-4-10-3-11-5-15(22,7-14)8-16(10,11)14/h10-11,22H,1-9H2,(H,23,24,25). The average molecular weight is 440 g/mol. The first-order valence-electron chi connectivity index (χ1n) is 9.33. The predicted molar refractivity (Wildman–Crippen MR) is 89.1 cm³/mol. The molecule has 0 aromatic rings. The molecule has 0 aromatic carbocycles. The predicted octanol–water partition coefficient (Wildman–Crippen LogP) is 0.511. The minimum atomic E-state index is -5.99. The van der Waals surface area contributed by atoms with Crippen molar-refractivity contribution < 1.29 is 50.7 Å². The quantitative estimate of drug-likeness (QED) is 0.298. The number of esters is 2. The molecular formula is C17H22F2O9S. The van der Waals surface area contributed by atoms with E-state index >= 15 is 0 Å². The highest BCUT2D eigenvalue weighted by atomic mass is 32.2. The number of carbonyl (C=O) groups is 2. The van der Waals surface area contributed by atoms with Crippen molar-refractivity contribution in [2.75, 3.05) is 26.4 Å². The molecule has 5 unspecified atom stereocenters. The van der Waals surface area contributed by atoms with Crippen LogP contribution in [0.2, 0.25) is 0 Å². The lowest BCUT2D eigenvalue weighted by Crippen LogP contribution is -2.68. The van der Waals surface area contributed by atoms with Crippen LogP contribution in [-0.2, 0) is 33.9 Å². The zero-order valence-corrected chi connectivity index (χ0v) is 16.3. The fourth-order valence-corrected chi connectivity index (χ4v) is 6.77. The second kappa shape index (κ2) is 6.32. The molecule has 2 bridgehead atoms. The molecule has 5 atom stereocenters. The van der Waals surface area contributed by atoms with Crippen molar-refractivity contribution in [3.05, 3.63) is 0 Å². The summed E-state index contributed by atoms with van der Waals surface area (Å²) < 4.78 is 69.2. The van der Waals surface area contributed by atoms with E-state index in [0.717, 1.165) is 25.7 Å². The summed E-state index contributed by atoms with van der Waals surface area (Å²) >= 11 is 0. The van der Waals surface area contributed by atoms with Crippen LogP contribution < -0.4 is 0 Å². The van der Waals surface area contributed by atoms with E-state index in [4.69, 9.17) is 14.0 Å². The van der Waals surface area contributed by atoms with Crippen LogP contribution in [0.25, 0.3) is 0 Å². The van der Waals surface area contributed by atoms with Crippen molar-refractivity contribution in [1.82, 2.24) is 0 Å². The first kappa shape index (κ1) is 20.9. The van der Waals surface area contributed by atoms with Gasteiger partial charge in [0.2, 0.25) is 0 Å². The molecule has 9 nitrogen and oxygen atoms in total. The van der Waals surface area contributed by atoms with Crippen LogP contribution in [0, 0.1) is 22.7 Å². The number of carbonyl (C=O) groups excluding carboxylic acids is 2. The Hall–Kier alpha value is -1.37. The Morgan fingerprint density at radius 3 is 2.41 bits per heavy atom. The first-order valence-corrected chi connectivity index (χ1v) is 10.8. The van der Waals surface area contributed by atoms with Crippen LogP contribution in [0.15, 0.2) is 0 Å². The highest BCUT2D eigenvalue weighted by Crippen LogP contribution is 2.87. The molecule has 4 fully saturated rings. The lowest BCUT2D eigenvalue weighted by molar-refractivity contribution is -0.267. The van der Waals surface area contributed by atoms with E-state index < -0.39 is 39.5 Å². The fraction of sp³-hybridized carbons (Fsp3) is 0.882. The van der Waals surface area contributed by atoms with Gasteiger partial charge in [-0.25, -0.2) is 9.59 Å². The number of alkyl halides is 2. The highest BCUT2D eigenvalue weighted by molar-refractivity contribution is 7.87. The second-order valence-electron chi connectivity index (χ2n) is 8.78. The first-order chi connectivity index (χ1) is 13.4. The third kappa shape index (κ3) is 2.90. The number of ether oxygens (including phenoxy) is 3. The maximum Gasteiger partial charge on any atom is 0.465 e. The summed E-state index contributed by atoms with van der Waals surface area (Å²) in [6, 6.07) is 0. The number of fused-ring (bicyclic) bond motifs is 1. The van der Waals surface area contributed by atoms with Gasteiger partial charge in [0.15, 0.2) is 6.61 Å². The van der Waals surface area contributed by atoms with Gasteiger partial charge in [0.1, 0.15) is 6.61 Å². The summed E-state index contributed by atoms with van der Waals surface area (Å²) in [7, 11) is -5.99. The molecule has 0 aliphatic heterocycles. The van der Waals surface area contributed by atoms with Crippen molar-refractivity contribution in [2.24, 2.45) is 22.7 Å². The molecule has 4 saturated carbocycles. The molecule has 4 aliphatic rings. The van der Waals surface area contributed by atoms with E-state index in [0.29, 0.717) is 18.4 Å². The van der Waals surface area contributed by atoms with E-state index in [9.17, 15) is 31.9 Å². The van der Waals surface area contributed by atoms with Gasteiger partial charge in [0, 0.05) is 5.41 Å². The van der Waals surface area contributed by atoms with Crippen molar-refractivity contribution in [2.45, 2.75) is 43.0 Å². The van der Waals surface area contributed by atoms with E-state index in [-0.39, 0.29) is 24.0 Å². The normalized spacial score (nSPS) is 39.3. The van der Waals surface area contributed by atoms with E-state index in [1.165, 1.54) is 6.42 Å². The molecule has 0 radical (unpaired) electrons. The van der Waals surface area contributed by atoms with Crippen LogP contribution in [0.1, 0.15) is 32.1 Å². The number of aliphatic hydroxyl groups is 1. The Morgan fingerprint density at radius 2 is 1.79 bits per heavy atom. The number of hydrogen-bond acceptors (Lipinski definition) is 8. The molecule has 2 N–H and O–H groups in total. The summed E-state index contributed by atoms with van der Waals surface area (Å²) in [5, 5.41) is 5.53. The molecule has 164 valence electrons. The van der Waals surface area contributed by atoms with Crippen molar-refractivity contribution in [3.63, 3.8) is 0 Å². The number of hydrogen-bond donors (Lipinski definition) is 2. The third-order valence-corrected chi connectivity index (χ3v) is 8.13. The van der Waals surface area contributed by atoms with Crippen LogP contribution in [-0.4, -0.2) is 67.3 Å². The van der Waals surface area contributed by atoms with Gasteiger partial charge in [-0.15, -0.1) is 0 Å². The number of halogens is 2. The van der Waals surface area contributed by atoms with Crippen LogP contribution in [0.3, 0.4) is 0 Å². The topological polar surface area (TPSA) is 136 Å². The summed E-state index contributed by atoms with van der Waals surface area (Å²) in [6.07, 6.45) is 4.65. The van der Waals surface area contributed by atoms with Crippen LogP contribution in [0.4, 0.5) is 8.78 Å². The van der Waals surface area contributed by atoms with E-state index in [1.54, 1.807) is 0 Å². The molecule has 1 spiro atoms. The molecule has 4 rings (SSSR count). The van der Waals surface area contributed by atoms with Crippen molar-refractivity contribution in [1.29, 1.82) is 0 Å². The lowest BCUT2D eigenvalue weighted by Gasteiger charge is -2.72. The Labute approximate surface area is 165 Å². The minimum Gasteiger partial charge on any atom is -0.461 e. The van der Waals surface area contributed by atoms with Gasteiger partial charge in [-0.3, -0.25) is 4.55 Å². The number of rotatable bonds is 9. The maximum absolute atomic E-state index is 13.0. The average Bonchev–Trinajstić information content (AvgIpc) is 3.00. The summed E-state index contributed by atoms with van der Waals surface area (Å²) in [4.78, 5) is 22.4. The molecule has 29 heavy (non-hydrogen) atoms. The molecule has 0 heterocycles. The largest absolute Gasteiger partial charge is 0.465 e. The fourth-order valence-electron chi connectivity index (χ4n) is 6.50. The van der Waals surface area contributed by atoms with Crippen LogP contribution >= 0.6 is 0 Å². The van der Waals surface area contributed by atoms with Crippen molar-refractivity contribution in [3.8, 4) is 0 Å². The SMILES string of the molecule is O=C(COC(=O)C(F)(F)S(=O)(=O)O)OCCOCC12CC3CC4CC(O)(C1)CC432. The van der Waals surface area contributed by atoms with E-state index in [2.05, 4.69) is 4.74 Å². The molecule has 12 heteroatoms. The van der Waals surface area contributed by atoms with Crippen molar-refractivity contribution >= 4 is 22.1 Å². The molecular weight excluding hydrogens is 418 g/mol. The molecule has 0 amide bonds. The Kier molecular flexibility index (Phi) is 4.55. The lowest BCUT2D eigenvalue weighted by atomic mass is 9.32. The van der Waals surface area contributed by atoms with Gasteiger partial charge in [0.25, 0.3) is 0 Å². The highest BCUT2D eigenvalue weighted by Gasteiger charge is 2.83. The molecule has 0 aromatic heterocycles. The zero-order chi connectivity index (χ0) is 21.3. The van der Waals surface area contributed by atoms with Gasteiger partial charge < -0.3 is 19.3 Å². The smallest absolute Gasteiger partial charge is 0.461 e.